The van der Waals surface area contributed by atoms with E-state index >= 15 is 0 Å². The van der Waals surface area contributed by atoms with E-state index in [9.17, 15) is 4.39 Å². The summed E-state index contributed by atoms with van der Waals surface area (Å²) in [6.45, 7) is 7.14. The molecule has 0 aliphatic heterocycles. The molecule has 102 valence electrons. The molecule has 2 aromatic rings. The van der Waals surface area contributed by atoms with Gasteiger partial charge in [0.05, 0.1) is 17.2 Å². The lowest BCUT2D eigenvalue weighted by Crippen LogP contribution is -2.11. The summed E-state index contributed by atoms with van der Waals surface area (Å²) in [5, 5.41) is 6.50. The predicted molar refractivity (Wildman–Crippen MR) is 87.3 cm³/mol. The van der Waals surface area contributed by atoms with Gasteiger partial charge < -0.3 is 5.32 Å². The minimum absolute atomic E-state index is 0.0905. The first kappa shape index (κ1) is 14.7. The zero-order chi connectivity index (χ0) is 14.0. The summed E-state index contributed by atoms with van der Waals surface area (Å²) in [6, 6.07) is 4.74. The van der Waals surface area contributed by atoms with E-state index in [-0.39, 0.29) is 11.2 Å². The van der Waals surface area contributed by atoms with Gasteiger partial charge in [-0.15, -0.1) is 11.3 Å². The van der Waals surface area contributed by atoms with E-state index in [0.717, 1.165) is 20.0 Å². The Labute approximate surface area is 130 Å². The van der Waals surface area contributed by atoms with E-state index < -0.39 is 0 Å². The maximum Gasteiger partial charge on any atom is 0.124 e. The molecule has 19 heavy (non-hydrogen) atoms. The Morgan fingerprint density at radius 3 is 2.68 bits per heavy atom. The summed E-state index contributed by atoms with van der Waals surface area (Å²) in [6.07, 6.45) is 0. The van der Waals surface area contributed by atoms with E-state index in [4.69, 9.17) is 0 Å². The average Bonchev–Trinajstić information content (AvgIpc) is 2.76. The molecule has 0 radical (unpaired) electrons. The number of benzene rings is 1. The molecule has 0 saturated carbocycles. The Morgan fingerprint density at radius 1 is 1.37 bits per heavy atom. The highest BCUT2D eigenvalue weighted by molar-refractivity contribution is 14.1. The summed E-state index contributed by atoms with van der Waals surface area (Å²) in [5.41, 5.74) is 2.05. The second-order valence-electron chi connectivity index (χ2n) is 5.37. The number of nitrogens with zero attached hydrogens (tertiary/aromatic N) is 1. The monoisotopic (exact) mass is 390 g/mol. The Bertz CT molecular complexity index is 575. The molecule has 1 N–H and O–H groups in total. The molecule has 5 heteroatoms. The van der Waals surface area contributed by atoms with Crippen molar-refractivity contribution in [2.75, 3.05) is 5.32 Å². The van der Waals surface area contributed by atoms with E-state index in [0.29, 0.717) is 6.54 Å². The molecule has 0 aliphatic carbocycles. The molecule has 0 bridgehead atoms. The number of thiazole rings is 1. The van der Waals surface area contributed by atoms with Crippen molar-refractivity contribution in [3.8, 4) is 0 Å². The topological polar surface area (TPSA) is 24.9 Å². The van der Waals surface area contributed by atoms with Gasteiger partial charge in [0.1, 0.15) is 5.82 Å². The molecule has 1 aromatic carbocycles. The largest absolute Gasteiger partial charge is 0.378 e. The molecule has 2 nitrogen and oxygen atoms in total. The first-order valence-electron chi connectivity index (χ1n) is 6.00. The highest BCUT2D eigenvalue weighted by Crippen LogP contribution is 2.26. The molecule has 0 amide bonds. The molecular weight excluding hydrogens is 374 g/mol. The van der Waals surface area contributed by atoms with Crippen LogP contribution >= 0.6 is 33.9 Å². The summed E-state index contributed by atoms with van der Waals surface area (Å²) in [5.74, 6) is -0.210. The average molecular weight is 390 g/mol. The second-order valence-corrected chi connectivity index (χ2v) is 7.39. The van der Waals surface area contributed by atoms with Gasteiger partial charge in [-0.1, -0.05) is 20.8 Å². The van der Waals surface area contributed by atoms with Crippen molar-refractivity contribution >= 4 is 39.6 Å². The van der Waals surface area contributed by atoms with Gasteiger partial charge in [0.2, 0.25) is 0 Å². The highest BCUT2D eigenvalue weighted by atomic mass is 127. The van der Waals surface area contributed by atoms with Crippen LogP contribution in [-0.4, -0.2) is 4.98 Å². The van der Waals surface area contributed by atoms with Crippen LogP contribution in [0.2, 0.25) is 0 Å². The van der Waals surface area contributed by atoms with E-state index in [1.807, 2.05) is 0 Å². The van der Waals surface area contributed by atoms with Crippen LogP contribution in [0.5, 0.6) is 0 Å². The third kappa shape index (κ3) is 3.89. The molecule has 2 rings (SSSR count). The lowest BCUT2D eigenvalue weighted by molar-refractivity contribution is 0.583. The highest BCUT2D eigenvalue weighted by Gasteiger charge is 2.17. The molecule has 0 atom stereocenters. The van der Waals surface area contributed by atoms with Crippen LogP contribution in [-0.2, 0) is 12.0 Å². The van der Waals surface area contributed by atoms with E-state index in [2.05, 4.69) is 59.0 Å². The zero-order valence-electron chi connectivity index (χ0n) is 11.1. The Hall–Kier alpha value is -0.690. The molecular formula is C14H16FIN2S. The summed E-state index contributed by atoms with van der Waals surface area (Å²) in [7, 11) is 0. The summed E-state index contributed by atoms with van der Waals surface area (Å²) >= 11 is 3.81. The first-order chi connectivity index (χ1) is 8.86. The first-order valence-corrected chi connectivity index (χ1v) is 7.96. The van der Waals surface area contributed by atoms with Gasteiger partial charge in [0.25, 0.3) is 0 Å². The molecule has 1 heterocycles. The lowest BCUT2D eigenvalue weighted by atomic mass is 9.98. The van der Waals surface area contributed by atoms with Crippen LogP contribution in [0.3, 0.4) is 0 Å². The summed E-state index contributed by atoms with van der Waals surface area (Å²) < 4.78 is 13.9. The van der Waals surface area contributed by atoms with Gasteiger partial charge in [0.15, 0.2) is 0 Å². The number of hydrogen-bond donors (Lipinski definition) is 1. The Kier molecular flexibility index (Phi) is 4.45. The summed E-state index contributed by atoms with van der Waals surface area (Å²) in [4.78, 5) is 4.62. The van der Waals surface area contributed by atoms with Crippen LogP contribution < -0.4 is 5.32 Å². The fourth-order valence-corrected chi connectivity index (χ4v) is 3.13. The van der Waals surface area contributed by atoms with Crippen LogP contribution in [0.15, 0.2) is 23.6 Å². The zero-order valence-corrected chi connectivity index (χ0v) is 14.1. The van der Waals surface area contributed by atoms with Gasteiger partial charge in [0, 0.05) is 20.1 Å². The van der Waals surface area contributed by atoms with Crippen molar-refractivity contribution < 1.29 is 4.39 Å². The van der Waals surface area contributed by atoms with Crippen molar-refractivity contribution in [2.24, 2.45) is 0 Å². The molecule has 0 spiro atoms. The Morgan fingerprint density at radius 2 is 2.11 bits per heavy atom. The standard InChI is InChI=1S/C14H16FIN2S/c1-14(2,3)13-18-10(8-19-13)7-17-12-5-4-9(15)6-11(12)16/h4-6,8,17H,7H2,1-3H3. The van der Waals surface area contributed by atoms with E-state index in [1.165, 1.54) is 12.1 Å². The normalized spacial score (nSPS) is 11.6. The minimum atomic E-state index is -0.210. The van der Waals surface area contributed by atoms with Crippen molar-refractivity contribution in [1.29, 1.82) is 0 Å². The quantitative estimate of drug-likeness (QED) is 0.762. The van der Waals surface area contributed by atoms with Gasteiger partial charge in [-0.2, -0.15) is 0 Å². The van der Waals surface area contributed by atoms with Crippen LogP contribution in [0, 0.1) is 9.39 Å². The van der Waals surface area contributed by atoms with Gasteiger partial charge >= 0.3 is 0 Å². The molecule has 0 fully saturated rings. The molecule has 0 saturated heterocycles. The number of halogens is 2. The van der Waals surface area contributed by atoms with Crippen molar-refractivity contribution in [1.82, 2.24) is 4.98 Å². The molecule has 0 unspecified atom stereocenters. The second kappa shape index (κ2) is 5.75. The number of rotatable bonds is 3. The number of nitrogens with one attached hydrogen (secondary N) is 1. The van der Waals surface area contributed by atoms with Crippen LogP contribution in [0.4, 0.5) is 10.1 Å². The third-order valence-corrected chi connectivity index (χ3v) is 4.79. The number of hydrogen-bond acceptors (Lipinski definition) is 3. The fourth-order valence-electron chi connectivity index (χ4n) is 1.55. The number of aromatic nitrogens is 1. The molecule has 0 aliphatic rings. The van der Waals surface area contributed by atoms with Gasteiger partial charge in [-0.05, 0) is 40.8 Å². The van der Waals surface area contributed by atoms with Crippen molar-refractivity contribution in [3.63, 3.8) is 0 Å². The van der Waals surface area contributed by atoms with Gasteiger partial charge in [-0.25, -0.2) is 9.37 Å². The van der Waals surface area contributed by atoms with Crippen LogP contribution in [0.1, 0.15) is 31.5 Å². The smallest absolute Gasteiger partial charge is 0.124 e. The Balaban J connectivity index is 2.04. The van der Waals surface area contributed by atoms with Gasteiger partial charge in [-0.3, -0.25) is 0 Å². The minimum Gasteiger partial charge on any atom is -0.378 e. The van der Waals surface area contributed by atoms with Crippen LogP contribution in [0.25, 0.3) is 0 Å². The fraction of sp³-hybridized carbons (Fsp3) is 0.357. The lowest BCUT2D eigenvalue weighted by Gasteiger charge is -2.13. The maximum absolute atomic E-state index is 13.0. The predicted octanol–water partition coefficient (Wildman–Crippen LogP) is 4.80. The van der Waals surface area contributed by atoms with E-state index in [1.54, 1.807) is 17.4 Å². The molecule has 1 aromatic heterocycles. The SMILES string of the molecule is CC(C)(C)c1nc(CNc2ccc(F)cc2I)cs1. The van der Waals surface area contributed by atoms with Crippen molar-refractivity contribution in [3.05, 3.63) is 43.7 Å². The van der Waals surface area contributed by atoms with Crippen molar-refractivity contribution in [2.45, 2.75) is 32.7 Å². The maximum atomic E-state index is 13.0. The number of anilines is 1. The third-order valence-electron chi connectivity index (χ3n) is 2.58.